The van der Waals surface area contributed by atoms with Gasteiger partial charge in [-0.2, -0.15) is 5.10 Å². The molecule has 2 aliphatic heterocycles. The summed E-state index contributed by atoms with van der Waals surface area (Å²) < 4.78 is 7.42. The molecule has 1 aromatic heterocycles. The maximum Gasteiger partial charge on any atom is 0.410 e. The highest BCUT2D eigenvalue weighted by molar-refractivity contribution is 5.80. The molecule has 1 aromatic rings. The second-order valence-corrected chi connectivity index (χ2v) is 10.0. The molecule has 0 aromatic carbocycles. The van der Waals surface area contributed by atoms with Gasteiger partial charge >= 0.3 is 6.09 Å². The smallest absolute Gasteiger partial charge is 0.410 e. The number of hydrogen-bond acceptors (Lipinski definition) is 4. The van der Waals surface area contributed by atoms with Crippen LogP contribution in [0.25, 0.3) is 0 Å². The van der Waals surface area contributed by atoms with Crippen molar-refractivity contribution in [3.63, 3.8) is 0 Å². The largest absolute Gasteiger partial charge is 0.444 e. The molecule has 2 unspecified atom stereocenters. The maximum absolute atomic E-state index is 12.4. The Hall–Kier alpha value is -2.25. The van der Waals surface area contributed by atoms with Gasteiger partial charge < -0.3 is 19.9 Å². The summed E-state index contributed by atoms with van der Waals surface area (Å²) in [4.78, 5) is 21.1. The fourth-order valence-electron chi connectivity index (χ4n) is 4.62. The van der Waals surface area contributed by atoms with Gasteiger partial charge in [0.25, 0.3) is 0 Å². The van der Waals surface area contributed by atoms with E-state index in [2.05, 4.69) is 26.5 Å². The van der Waals surface area contributed by atoms with Gasteiger partial charge in [-0.05, 0) is 70.3 Å². The van der Waals surface area contributed by atoms with Crippen LogP contribution >= 0.6 is 0 Å². The quantitative estimate of drug-likeness (QED) is 0.572. The molecular formula is C23H40N6O2. The number of carbonyl (C=O) groups excluding carboxylic acids is 1. The Morgan fingerprint density at radius 1 is 1.23 bits per heavy atom. The first kappa shape index (κ1) is 23.4. The van der Waals surface area contributed by atoms with Gasteiger partial charge in [0.2, 0.25) is 0 Å². The van der Waals surface area contributed by atoms with Crippen LogP contribution < -0.4 is 5.32 Å². The van der Waals surface area contributed by atoms with Crippen molar-refractivity contribution in [2.45, 2.75) is 58.5 Å². The summed E-state index contributed by atoms with van der Waals surface area (Å²) in [6.45, 7) is 10.3. The van der Waals surface area contributed by atoms with Crippen LogP contribution in [0.15, 0.2) is 17.4 Å². The predicted molar refractivity (Wildman–Crippen MR) is 123 cm³/mol. The molecule has 174 valence electrons. The molecule has 2 atom stereocenters. The number of aromatic nitrogens is 2. The lowest BCUT2D eigenvalue weighted by atomic mass is 9.95. The molecule has 1 N–H and O–H groups in total. The van der Waals surface area contributed by atoms with Crippen LogP contribution in [0.3, 0.4) is 0 Å². The number of piperidine rings is 1. The first-order valence-electron chi connectivity index (χ1n) is 11.6. The number of nitrogens with zero attached hydrogens (tertiary/aromatic N) is 5. The first-order chi connectivity index (χ1) is 14.7. The minimum absolute atomic E-state index is 0.183. The zero-order valence-electron chi connectivity index (χ0n) is 19.9. The zero-order chi connectivity index (χ0) is 22.4. The van der Waals surface area contributed by atoms with Crippen molar-refractivity contribution in [1.29, 1.82) is 0 Å². The fourth-order valence-corrected chi connectivity index (χ4v) is 4.62. The summed E-state index contributed by atoms with van der Waals surface area (Å²) in [7, 11) is 3.83. The van der Waals surface area contributed by atoms with E-state index in [4.69, 9.17) is 4.74 Å². The summed E-state index contributed by atoms with van der Waals surface area (Å²) >= 11 is 0. The molecule has 0 bridgehead atoms. The Labute approximate surface area is 187 Å². The molecule has 1 amide bonds. The molecule has 8 heteroatoms. The van der Waals surface area contributed by atoms with E-state index in [1.807, 2.05) is 50.6 Å². The van der Waals surface area contributed by atoms with Crippen molar-refractivity contribution in [2.24, 2.45) is 23.9 Å². The van der Waals surface area contributed by atoms with Crippen LogP contribution in [0.4, 0.5) is 4.79 Å². The normalized spacial score (nSPS) is 22.7. The lowest BCUT2D eigenvalue weighted by Crippen LogP contribution is -2.44. The minimum Gasteiger partial charge on any atom is -0.444 e. The van der Waals surface area contributed by atoms with Crippen molar-refractivity contribution >= 4 is 12.1 Å². The molecule has 0 saturated carbocycles. The number of aryl methyl sites for hydroxylation is 1. The highest BCUT2D eigenvalue weighted by Gasteiger charge is 2.28. The Morgan fingerprint density at radius 2 is 2.00 bits per heavy atom. The van der Waals surface area contributed by atoms with Crippen LogP contribution in [0.2, 0.25) is 0 Å². The second kappa shape index (κ2) is 10.4. The topological polar surface area (TPSA) is 75.0 Å². The van der Waals surface area contributed by atoms with E-state index in [9.17, 15) is 4.79 Å². The summed E-state index contributed by atoms with van der Waals surface area (Å²) in [5, 5.41) is 7.84. The van der Waals surface area contributed by atoms with Gasteiger partial charge in [-0.3, -0.25) is 9.67 Å². The predicted octanol–water partition coefficient (Wildman–Crippen LogP) is 2.90. The van der Waals surface area contributed by atoms with Gasteiger partial charge in [0.05, 0.1) is 6.20 Å². The lowest BCUT2D eigenvalue weighted by Gasteiger charge is -2.34. The number of aliphatic imine (C=N–C) groups is 1. The van der Waals surface area contributed by atoms with E-state index in [0.717, 1.165) is 64.4 Å². The summed E-state index contributed by atoms with van der Waals surface area (Å²) in [5.41, 5.74) is 0.868. The maximum atomic E-state index is 12.4. The van der Waals surface area contributed by atoms with Crippen LogP contribution in [-0.2, 0) is 18.2 Å². The first-order valence-corrected chi connectivity index (χ1v) is 11.6. The Kier molecular flexibility index (Phi) is 7.84. The molecular weight excluding hydrogens is 392 g/mol. The van der Waals surface area contributed by atoms with E-state index in [0.29, 0.717) is 11.8 Å². The van der Waals surface area contributed by atoms with E-state index in [1.54, 1.807) is 0 Å². The number of likely N-dealkylation sites (tertiary alicyclic amines) is 2. The highest BCUT2D eigenvalue weighted by atomic mass is 16.6. The van der Waals surface area contributed by atoms with Gasteiger partial charge in [0, 0.05) is 53.0 Å². The summed E-state index contributed by atoms with van der Waals surface area (Å²) in [6, 6.07) is 0. The number of ether oxygens (including phenoxy) is 1. The van der Waals surface area contributed by atoms with Gasteiger partial charge in [0.1, 0.15) is 5.60 Å². The van der Waals surface area contributed by atoms with Gasteiger partial charge in [-0.15, -0.1) is 0 Å². The van der Waals surface area contributed by atoms with Gasteiger partial charge in [-0.1, -0.05) is 0 Å². The van der Waals surface area contributed by atoms with Gasteiger partial charge in [-0.25, -0.2) is 4.79 Å². The Balaban J connectivity index is 1.40. The fraction of sp³-hybridized carbons (Fsp3) is 0.783. The Morgan fingerprint density at radius 3 is 2.68 bits per heavy atom. The van der Waals surface area contributed by atoms with Crippen molar-refractivity contribution in [3.8, 4) is 0 Å². The van der Waals surface area contributed by atoms with E-state index in [-0.39, 0.29) is 6.09 Å². The highest BCUT2D eigenvalue weighted by Crippen LogP contribution is 2.23. The molecule has 2 fully saturated rings. The second-order valence-electron chi connectivity index (χ2n) is 10.0. The van der Waals surface area contributed by atoms with Crippen LogP contribution in [0.5, 0.6) is 0 Å². The monoisotopic (exact) mass is 432 g/mol. The van der Waals surface area contributed by atoms with E-state index >= 15 is 0 Å². The summed E-state index contributed by atoms with van der Waals surface area (Å²) in [5.74, 6) is 2.14. The van der Waals surface area contributed by atoms with Crippen molar-refractivity contribution in [3.05, 3.63) is 18.0 Å². The Bertz CT molecular complexity index is 753. The van der Waals surface area contributed by atoms with Crippen LogP contribution in [0.1, 0.15) is 52.0 Å². The number of guanidine groups is 1. The van der Waals surface area contributed by atoms with Crippen LogP contribution in [0, 0.1) is 11.8 Å². The lowest BCUT2D eigenvalue weighted by molar-refractivity contribution is 0.0162. The van der Waals surface area contributed by atoms with Gasteiger partial charge in [0.15, 0.2) is 5.96 Å². The SMILES string of the molecule is CN=C(NCCC1CCCN(C(=O)OC(C)(C)C)C1)N1CCC(Cc2cnn(C)c2)C1. The van der Waals surface area contributed by atoms with Crippen LogP contribution in [-0.4, -0.2) is 77.0 Å². The van der Waals surface area contributed by atoms with Crippen molar-refractivity contribution in [1.82, 2.24) is 24.9 Å². The number of rotatable bonds is 5. The molecule has 8 nitrogen and oxygen atoms in total. The molecule has 3 rings (SSSR count). The minimum atomic E-state index is -0.442. The number of nitrogens with one attached hydrogen (secondary N) is 1. The number of amides is 1. The number of hydrogen-bond donors (Lipinski definition) is 1. The molecule has 0 aliphatic carbocycles. The average Bonchev–Trinajstić information content (AvgIpc) is 3.33. The third-order valence-corrected chi connectivity index (χ3v) is 6.09. The van der Waals surface area contributed by atoms with Crippen molar-refractivity contribution in [2.75, 3.05) is 39.8 Å². The third kappa shape index (κ3) is 7.14. The molecule has 3 heterocycles. The van der Waals surface area contributed by atoms with E-state index in [1.165, 1.54) is 12.0 Å². The van der Waals surface area contributed by atoms with E-state index < -0.39 is 5.60 Å². The standard InChI is InChI=1S/C23H40N6O2/c1-23(2,3)31-22(30)29-11-6-7-18(16-29)8-10-25-21(24-4)28-12-9-19(17-28)13-20-14-26-27(5)15-20/h14-15,18-19H,6-13,16-17H2,1-5H3,(H,24,25). The molecule has 0 radical (unpaired) electrons. The number of carbonyl (C=O) groups is 1. The molecule has 31 heavy (non-hydrogen) atoms. The summed E-state index contributed by atoms with van der Waals surface area (Å²) in [6.07, 6.45) is 9.40. The molecule has 2 aliphatic rings. The third-order valence-electron chi connectivity index (χ3n) is 6.09. The molecule has 2 saturated heterocycles. The zero-order valence-corrected chi connectivity index (χ0v) is 19.9. The molecule has 0 spiro atoms. The average molecular weight is 433 g/mol. The van der Waals surface area contributed by atoms with Crippen molar-refractivity contribution < 1.29 is 9.53 Å².